The summed E-state index contributed by atoms with van der Waals surface area (Å²) in [4.78, 5) is 27.4. The monoisotopic (exact) mass is 570 g/mol. The van der Waals surface area contributed by atoms with Crippen LogP contribution in [-0.2, 0) is 9.53 Å². The molecule has 2 amide bonds. The van der Waals surface area contributed by atoms with Crippen LogP contribution in [0.3, 0.4) is 0 Å². The highest BCUT2D eigenvalue weighted by atomic mass is 127. The van der Waals surface area contributed by atoms with Crippen molar-refractivity contribution in [1.29, 1.82) is 0 Å². The average molecular weight is 570 g/mol. The average Bonchev–Trinajstić information content (AvgIpc) is 3.46. The summed E-state index contributed by atoms with van der Waals surface area (Å²) in [6.07, 6.45) is 0.794. The van der Waals surface area contributed by atoms with E-state index in [1.807, 2.05) is 71.9 Å². The fourth-order valence-corrected chi connectivity index (χ4v) is 3.72. The van der Waals surface area contributed by atoms with E-state index < -0.39 is 6.23 Å². The Labute approximate surface area is 211 Å². The van der Waals surface area contributed by atoms with Gasteiger partial charge in [-0.2, -0.15) is 5.01 Å². The molecule has 3 aromatic rings. The van der Waals surface area contributed by atoms with Crippen molar-refractivity contribution in [1.82, 2.24) is 10.3 Å². The van der Waals surface area contributed by atoms with Gasteiger partial charge in [-0.3, -0.25) is 9.59 Å². The molecule has 1 aliphatic rings. The number of amides is 2. The van der Waals surface area contributed by atoms with E-state index in [-0.39, 0.29) is 17.7 Å². The largest absolute Gasteiger partial charge is 0.445 e. The first-order valence-electron chi connectivity index (χ1n) is 10.5. The number of nitrogens with one attached hydrogen (secondary N) is 1. The molecule has 174 valence electrons. The molecular weight excluding hydrogens is 547 g/mol. The number of carbonyl (C=O) groups excluding carboxylic acids is 2. The van der Waals surface area contributed by atoms with E-state index in [0.29, 0.717) is 20.8 Å². The summed E-state index contributed by atoms with van der Waals surface area (Å²) in [5.74, 6) is -0.123. The van der Waals surface area contributed by atoms with Crippen LogP contribution < -0.4 is 10.2 Å². The molecule has 2 aromatic carbocycles. The highest BCUT2D eigenvalue weighted by Gasteiger charge is 2.36. The van der Waals surface area contributed by atoms with Crippen LogP contribution in [0.25, 0.3) is 6.08 Å². The summed E-state index contributed by atoms with van der Waals surface area (Å²) in [6, 6.07) is 20.1. The number of halogens is 1. The molecule has 9 heteroatoms. The van der Waals surface area contributed by atoms with E-state index in [4.69, 9.17) is 9.15 Å². The standard InChI is InChI=1S/C25H23IN4O4/c1-16(31)30-25(34-24(28-30)21-13-14-22(26)33-21)20(27-23(32)18-7-5-4-6-8-18)15-17-9-11-19(12-10-17)29(2)3/h4-15,25H,1-3H3,(H,27,32)/b20-15-. The summed E-state index contributed by atoms with van der Waals surface area (Å²) in [6.45, 7) is 1.39. The van der Waals surface area contributed by atoms with Gasteiger partial charge in [0.1, 0.15) is 0 Å². The third-order valence-electron chi connectivity index (χ3n) is 5.04. The smallest absolute Gasteiger partial charge is 0.277 e. The Morgan fingerprint density at radius 1 is 1.06 bits per heavy atom. The van der Waals surface area contributed by atoms with Crippen molar-refractivity contribution >= 4 is 52.1 Å². The number of anilines is 1. The lowest BCUT2D eigenvalue weighted by atomic mass is 10.1. The molecule has 0 aliphatic carbocycles. The van der Waals surface area contributed by atoms with Gasteiger partial charge < -0.3 is 19.4 Å². The number of hydrogen-bond donors (Lipinski definition) is 1. The summed E-state index contributed by atoms with van der Waals surface area (Å²) in [5.41, 5.74) is 2.70. The molecule has 1 N–H and O–H groups in total. The van der Waals surface area contributed by atoms with Gasteiger partial charge in [0.25, 0.3) is 11.8 Å². The fourth-order valence-electron chi connectivity index (χ4n) is 3.31. The van der Waals surface area contributed by atoms with Crippen LogP contribution in [0.1, 0.15) is 28.6 Å². The zero-order chi connectivity index (χ0) is 24.2. The van der Waals surface area contributed by atoms with Crippen LogP contribution >= 0.6 is 22.6 Å². The van der Waals surface area contributed by atoms with Gasteiger partial charge >= 0.3 is 0 Å². The van der Waals surface area contributed by atoms with E-state index in [1.54, 1.807) is 42.5 Å². The maximum atomic E-state index is 13.0. The maximum Gasteiger partial charge on any atom is 0.277 e. The highest BCUT2D eigenvalue weighted by molar-refractivity contribution is 14.1. The molecule has 0 saturated carbocycles. The minimum atomic E-state index is -0.976. The third-order valence-corrected chi connectivity index (χ3v) is 5.62. The van der Waals surface area contributed by atoms with Gasteiger partial charge in [0.15, 0.2) is 9.53 Å². The van der Waals surface area contributed by atoms with Crippen molar-refractivity contribution < 1.29 is 18.7 Å². The van der Waals surface area contributed by atoms with Gasteiger partial charge in [0, 0.05) is 32.3 Å². The zero-order valence-corrected chi connectivity index (χ0v) is 21.0. The molecule has 0 fully saturated rings. The van der Waals surface area contributed by atoms with Crippen molar-refractivity contribution in [2.75, 3.05) is 19.0 Å². The normalized spacial score (nSPS) is 15.5. The molecule has 1 atom stereocenters. The number of nitrogens with zero attached hydrogens (tertiary/aromatic N) is 3. The molecule has 8 nitrogen and oxygen atoms in total. The lowest BCUT2D eigenvalue weighted by molar-refractivity contribution is -0.133. The number of benzene rings is 2. The topological polar surface area (TPSA) is 87.4 Å². The van der Waals surface area contributed by atoms with Crippen LogP contribution in [0.2, 0.25) is 0 Å². The quantitative estimate of drug-likeness (QED) is 0.447. The molecule has 1 unspecified atom stereocenters. The van der Waals surface area contributed by atoms with Gasteiger partial charge in [0.2, 0.25) is 12.1 Å². The molecule has 0 spiro atoms. The van der Waals surface area contributed by atoms with Crippen molar-refractivity contribution in [3.05, 3.63) is 93.1 Å². The van der Waals surface area contributed by atoms with Crippen molar-refractivity contribution in [2.24, 2.45) is 5.10 Å². The van der Waals surface area contributed by atoms with Crippen molar-refractivity contribution in [3.8, 4) is 0 Å². The SMILES string of the molecule is CC(=O)N1N=C(c2ccc(I)o2)OC1/C(=C/c1ccc(N(C)C)cc1)NC(=O)c1ccccc1. The first-order chi connectivity index (χ1) is 16.3. The predicted molar refractivity (Wildman–Crippen MR) is 138 cm³/mol. The van der Waals surface area contributed by atoms with Gasteiger partial charge in [0.05, 0.1) is 5.70 Å². The summed E-state index contributed by atoms with van der Waals surface area (Å²) in [5, 5.41) is 8.42. The summed E-state index contributed by atoms with van der Waals surface area (Å²) in [7, 11) is 3.92. The molecular formula is C25H23IN4O4. The number of hydrazone groups is 1. The molecule has 0 radical (unpaired) electrons. The van der Waals surface area contributed by atoms with Crippen LogP contribution in [-0.4, -0.2) is 43.0 Å². The van der Waals surface area contributed by atoms with Gasteiger partial charge in [-0.15, -0.1) is 5.10 Å². The second kappa shape index (κ2) is 10.1. The lowest BCUT2D eigenvalue weighted by Crippen LogP contribution is -2.40. The predicted octanol–water partition coefficient (Wildman–Crippen LogP) is 4.29. The number of ether oxygens (including phenoxy) is 1. The summed E-state index contributed by atoms with van der Waals surface area (Å²) < 4.78 is 12.3. The molecule has 1 aromatic heterocycles. The third kappa shape index (κ3) is 5.30. The Morgan fingerprint density at radius 2 is 1.76 bits per heavy atom. The van der Waals surface area contributed by atoms with Gasteiger partial charge in [-0.25, -0.2) is 0 Å². The molecule has 1 aliphatic heterocycles. The van der Waals surface area contributed by atoms with Gasteiger partial charge in [-0.1, -0.05) is 30.3 Å². The van der Waals surface area contributed by atoms with Crippen LogP contribution in [0.4, 0.5) is 5.69 Å². The molecule has 0 bridgehead atoms. The first kappa shape index (κ1) is 23.6. The minimum Gasteiger partial charge on any atom is -0.445 e. The lowest BCUT2D eigenvalue weighted by Gasteiger charge is -2.22. The van der Waals surface area contributed by atoms with Crippen LogP contribution in [0, 0.1) is 3.77 Å². The van der Waals surface area contributed by atoms with E-state index in [1.165, 1.54) is 11.9 Å². The molecule has 34 heavy (non-hydrogen) atoms. The second-order valence-corrected chi connectivity index (χ2v) is 8.81. The Balaban J connectivity index is 1.70. The van der Waals surface area contributed by atoms with E-state index >= 15 is 0 Å². The Hall–Kier alpha value is -3.60. The Kier molecular flexibility index (Phi) is 7.01. The fraction of sp³-hybridized carbons (Fsp3) is 0.160. The Morgan fingerprint density at radius 3 is 2.35 bits per heavy atom. The van der Waals surface area contributed by atoms with Crippen LogP contribution in [0.15, 0.2) is 81.9 Å². The minimum absolute atomic E-state index is 0.158. The number of furan rings is 1. The van der Waals surface area contributed by atoms with E-state index in [0.717, 1.165) is 11.3 Å². The molecule has 4 rings (SSSR count). The summed E-state index contributed by atoms with van der Waals surface area (Å²) >= 11 is 2.04. The molecule has 2 heterocycles. The maximum absolute atomic E-state index is 13.0. The number of carbonyl (C=O) groups is 2. The van der Waals surface area contributed by atoms with E-state index in [2.05, 4.69) is 10.4 Å². The Bertz CT molecular complexity index is 1250. The number of hydrogen-bond acceptors (Lipinski definition) is 6. The number of rotatable bonds is 6. The zero-order valence-electron chi connectivity index (χ0n) is 18.9. The second-order valence-electron chi connectivity index (χ2n) is 7.75. The van der Waals surface area contributed by atoms with Crippen molar-refractivity contribution in [2.45, 2.75) is 13.2 Å². The molecule has 0 saturated heterocycles. The highest BCUT2D eigenvalue weighted by Crippen LogP contribution is 2.25. The van der Waals surface area contributed by atoms with Gasteiger partial charge in [-0.05, 0) is 70.6 Å². The van der Waals surface area contributed by atoms with Crippen molar-refractivity contribution in [3.63, 3.8) is 0 Å². The first-order valence-corrected chi connectivity index (χ1v) is 11.6. The van der Waals surface area contributed by atoms with E-state index in [9.17, 15) is 9.59 Å². The van der Waals surface area contributed by atoms with Crippen LogP contribution in [0.5, 0.6) is 0 Å².